The van der Waals surface area contributed by atoms with Crippen LogP contribution in [0.4, 0.5) is 4.79 Å². The van der Waals surface area contributed by atoms with Crippen molar-refractivity contribution >= 4 is 17.7 Å². The maximum atomic E-state index is 13.4. The molecule has 144 valence electrons. The number of Topliss-reactive ketones (excluding diaryl/α,β-unsaturated/α-hetero) is 1. The second-order valence-corrected chi connectivity index (χ2v) is 8.80. The maximum Gasteiger partial charge on any atom is 0.327 e. The number of amides is 3. The largest absolute Gasteiger partial charge is 0.327 e. The minimum Gasteiger partial charge on any atom is -0.313 e. The summed E-state index contributed by atoms with van der Waals surface area (Å²) in [5.74, 6) is 0.991. The SMILES string of the molecule is Cc1cccc(C(=O)CN2C(=O)N(C)[C@](C)([C@H]3CC4CCC3CC4)C2=O)c1. The van der Waals surface area contributed by atoms with Gasteiger partial charge in [-0.05, 0) is 56.9 Å². The molecule has 0 unspecified atom stereocenters. The lowest BCUT2D eigenvalue weighted by molar-refractivity contribution is -0.138. The number of fused-ring (bicyclic) bond motifs is 3. The van der Waals surface area contributed by atoms with Crippen molar-refractivity contribution in [3.05, 3.63) is 35.4 Å². The molecule has 0 spiro atoms. The Morgan fingerprint density at radius 3 is 2.48 bits per heavy atom. The number of benzene rings is 1. The Labute approximate surface area is 160 Å². The van der Waals surface area contributed by atoms with Crippen LogP contribution in [-0.2, 0) is 4.79 Å². The molecule has 4 aliphatic rings. The van der Waals surface area contributed by atoms with Gasteiger partial charge in [-0.3, -0.25) is 14.5 Å². The number of hydrogen-bond acceptors (Lipinski definition) is 3. The van der Waals surface area contributed by atoms with E-state index >= 15 is 0 Å². The Kier molecular flexibility index (Phi) is 4.36. The van der Waals surface area contributed by atoms with Gasteiger partial charge in [-0.15, -0.1) is 0 Å². The molecule has 3 aliphatic carbocycles. The molecule has 3 amide bonds. The molecule has 1 aromatic rings. The number of hydrogen-bond donors (Lipinski definition) is 0. The van der Waals surface area contributed by atoms with Gasteiger partial charge in [0.15, 0.2) is 5.78 Å². The first-order valence-electron chi connectivity index (χ1n) is 10.0. The van der Waals surface area contributed by atoms with E-state index in [4.69, 9.17) is 0 Å². The molecule has 0 N–H and O–H groups in total. The monoisotopic (exact) mass is 368 g/mol. The summed E-state index contributed by atoms with van der Waals surface area (Å²) in [4.78, 5) is 41.7. The van der Waals surface area contributed by atoms with Gasteiger partial charge in [0.05, 0.1) is 6.54 Å². The summed E-state index contributed by atoms with van der Waals surface area (Å²) in [6.45, 7) is 3.66. The number of nitrogens with zero attached hydrogens (tertiary/aromatic N) is 2. The first-order chi connectivity index (χ1) is 12.8. The van der Waals surface area contributed by atoms with Crippen LogP contribution in [0.25, 0.3) is 0 Å². The second-order valence-electron chi connectivity index (χ2n) is 8.80. The average molecular weight is 368 g/mol. The van der Waals surface area contributed by atoms with Gasteiger partial charge in [0.25, 0.3) is 5.91 Å². The summed E-state index contributed by atoms with van der Waals surface area (Å²) in [6, 6.07) is 6.95. The molecule has 1 saturated heterocycles. The molecule has 5 nitrogen and oxygen atoms in total. The molecule has 1 aliphatic heterocycles. The summed E-state index contributed by atoms with van der Waals surface area (Å²) < 4.78 is 0. The lowest BCUT2D eigenvalue weighted by atomic mass is 9.59. The van der Waals surface area contributed by atoms with E-state index in [2.05, 4.69) is 0 Å². The molecule has 1 heterocycles. The summed E-state index contributed by atoms with van der Waals surface area (Å²) >= 11 is 0. The summed E-state index contributed by atoms with van der Waals surface area (Å²) in [7, 11) is 1.72. The number of urea groups is 1. The molecule has 4 fully saturated rings. The fourth-order valence-corrected chi connectivity index (χ4v) is 5.55. The second kappa shape index (κ2) is 6.47. The Morgan fingerprint density at radius 1 is 1.19 bits per heavy atom. The maximum absolute atomic E-state index is 13.4. The van der Waals surface area contributed by atoms with Gasteiger partial charge in [-0.2, -0.15) is 0 Å². The number of rotatable bonds is 4. The van der Waals surface area contributed by atoms with Gasteiger partial charge >= 0.3 is 6.03 Å². The minimum atomic E-state index is -0.826. The predicted octanol–water partition coefficient (Wildman–Crippen LogP) is 3.66. The minimum absolute atomic E-state index is 0.179. The van der Waals surface area contributed by atoms with Crippen LogP contribution >= 0.6 is 0 Å². The Balaban J connectivity index is 1.58. The fraction of sp³-hybridized carbons (Fsp3) is 0.591. The zero-order valence-corrected chi connectivity index (χ0v) is 16.4. The van der Waals surface area contributed by atoms with Crippen molar-refractivity contribution in [2.45, 2.75) is 51.5 Å². The van der Waals surface area contributed by atoms with Gasteiger partial charge < -0.3 is 4.90 Å². The molecular formula is C22H28N2O3. The third-order valence-corrected chi connectivity index (χ3v) is 7.30. The van der Waals surface area contributed by atoms with E-state index < -0.39 is 5.54 Å². The highest BCUT2D eigenvalue weighted by Gasteiger charge is 2.60. The molecule has 5 rings (SSSR count). The molecule has 1 aromatic carbocycles. The standard InChI is InChI=1S/C22H28N2O3/c1-14-5-4-6-17(11-14)19(25)13-24-20(26)22(2,23(3)21(24)27)18-12-15-7-9-16(18)10-8-15/h4-6,11,15-16,18H,7-10,12-13H2,1-3H3/t15?,16?,18-,22+/m0/s1. The first-order valence-corrected chi connectivity index (χ1v) is 10.0. The van der Waals surface area contributed by atoms with Crippen molar-refractivity contribution in [3.8, 4) is 0 Å². The van der Waals surface area contributed by atoms with Crippen LogP contribution in [-0.4, -0.2) is 46.7 Å². The fourth-order valence-electron chi connectivity index (χ4n) is 5.55. The zero-order chi connectivity index (χ0) is 19.3. The number of aryl methyl sites for hydroxylation is 1. The highest BCUT2D eigenvalue weighted by atomic mass is 16.2. The van der Waals surface area contributed by atoms with Crippen LogP contribution < -0.4 is 0 Å². The van der Waals surface area contributed by atoms with E-state index in [1.54, 1.807) is 24.1 Å². The highest BCUT2D eigenvalue weighted by molar-refractivity contribution is 6.11. The van der Waals surface area contributed by atoms with Gasteiger partial charge in [0, 0.05) is 12.6 Å². The van der Waals surface area contributed by atoms with Gasteiger partial charge in [0.1, 0.15) is 5.54 Å². The number of carbonyl (C=O) groups is 3. The lowest BCUT2D eigenvalue weighted by Gasteiger charge is -2.49. The van der Waals surface area contributed by atoms with Crippen molar-refractivity contribution in [2.75, 3.05) is 13.6 Å². The quantitative estimate of drug-likeness (QED) is 0.602. The van der Waals surface area contributed by atoms with Crippen molar-refractivity contribution in [3.63, 3.8) is 0 Å². The van der Waals surface area contributed by atoms with E-state index in [-0.39, 0.29) is 30.2 Å². The van der Waals surface area contributed by atoms with Crippen LogP contribution in [0.15, 0.2) is 24.3 Å². The third kappa shape index (κ3) is 2.79. The molecular weight excluding hydrogens is 340 g/mol. The van der Waals surface area contributed by atoms with Crippen LogP contribution in [0.3, 0.4) is 0 Å². The van der Waals surface area contributed by atoms with E-state index in [1.807, 2.05) is 26.0 Å². The molecule has 0 radical (unpaired) electrons. The van der Waals surface area contributed by atoms with Crippen LogP contribution in [0.1, 0.15) is 54.9 Å². The van der Waals surface area contributed by atoms with Crippen molar-refractivity contribution in [2.24, 2.45) is 17.8 Å². The van der Waals surface area contributed by atoms with Crippen LogP contribution in [0.5, 0.6) is 0 Å². The van der Waals surface area contributed by atoms with Gasteiger partial charge in [-0.25, -0.2) is 4.79 Å². The third-order valence-electron chi connectivity index (χ3n) is 7.30. The number of imide groups is 1. The smallest absolute Gasteiger partial charge is 0.313 e. The van der Waals surface area contributed by atoms with Crippen LogP contribution in [0, 0.1) is 24.7 Å². The molecule has 3 saturated carbocycles. The number of carbonyl (C=O) groups excluding carboxylic acids is 3. The van der Waals surface area contributed by atoms with Crippen molar-refractivity contribution in [1.29, 1.82) is 0 Å². The Bertz CT molecular complexity index is 797. The summed E-state index contributed by atoms with van der Waals surface area (Å²) in [5.41, 5.74) is 0.706. The predicted molar refractivity (Wildman–Crippen MR) is 102 cm³/mol. The van der Waals surface area contributed by atoms with Crippen molar-refractivity contribution < 1.29 is 14.4 Å². The summed E-state index contributed by atoms with van der Waals surface area (Å²) in [6.07, 6.45) is 5.83. The van der Waals surface area contributed by atoms with Crippen molar-refractivity contribution in [1.82, 2.24) is 9.80 Å². The number of ketones is 1. The summed E-state index contributed by atoms with van der Waals surface area (Å²) in [5, 5.41) is 0. The Morgan fingerprint density at radius 2 is 1.89 bits per heavy atom. The molecule has 5 heteroatoms. The topological polar surface area (TPSA) is 57.7 Å². The Hall–Kier alpha value is -2.17. The molecule has 27 heavy (non-hydrogen) atoms. The van der Waals surface area contributed by atoms with E-state index in [1.165, 1.54) is 17.7 Å². The van der Waals surface area contributed by atoms with Gasteiger partial charge in [0.2, 0.25) is 0 Å². The zero-order valence-electron chi connectivity index (χ0n) is 16.4. The van der Waals surface area contributed by atoms with E-state index in [0.29, 0.717) is 17.4 Å². The van der Waals surface area contributed by atoms with Gasteiger partial charge in [-0.1, -0.05) is 36.6 Å². The molecule has 2 bridgehead atoms. The highest BCUT2D eigenvalue weighted by Crippen LogP contribution is 2.52. The average Bonchev–Trinajstić information content (AvgIpc) is 2.85. The molecule has 0 aromatic heterocycles. The molecule has 2 atom stereocenters. The lowest BCUT2D eigenvalue weighted by Crippen LogP contribution is -2.56. The number of likely N-dealkylation sites (N-methyl/N-ethyl adjacent to an activating group) is 1. The normalized spacial score (nSPS) is 33.1. The van der Waals surface area contributed by atoms with E-state index in [9.17, 15) is 14.4 Å². The van der Waals surface area contributed by atoms with E-state index in [0.717, 1.165) is 24.8 Å². The van der Waals surface area contributed by atoms with Crippen LogP contribution in [0.2, 0.25) is 0 Å². The first kappa shape index (κ1) is 18.2.